The molecule has 2 aliphatic rings. The molecular formula is C41H51ClK2N8O5S2. The Hall–Kier alpha value is -1.34. The second-order valence-electron chi connectivity index (χ2n) is 14.1. The number of alkyl halides is 1. The van der Waals surface area contributed by atoms with E-state index in [9.17, 15) is 9.59 Å². The Morgan fingerprint density at radius 1 is 0.864 bits per heavy atom. The van der Waals surface area contributed by atoms with Crippen LogP contribution in [-0.4, -0.2) is 76.5 Å². The van der Waals surface area contributed by atoms with E-state index >= 15 is 0 Å². The van der Waals surface area contributed by atoms with Crippen LogP contribution in [0.5, 0.6) is 0 Å². The van der Waals surface area contributed by atoms with Gasteiger partial charge in [-0.3, -0.25) is 14.4 Å². The molecule has 18 heteroatoms. The molecule has 6 rings (SSSR count). The van der Waals surface area contributed by atoms with Gasteiger partial charge in [0.1, 0.15) is 0 Å². The number of piperidine rings is 2. The number of hydrogen-bond acceptors (Lipinski definition) is 10. The number of aromatic amines is 3. The quantitative estimate of drug-likeness (QED) is 0.0285. The molecule has 2 aromatic carbocycles. The van der Waals surface area contributed by atoms with Crippen LogP contribution >= 0.6 is 35.6 Å². The minimum atomic E-state index is -0.377. The summed E-state index contributed by atoms with van der Waals surface area (Å²) in [6, 6.07) is 12.7. The summed E-state index contributed by atoms with van der Waals surface area (Å²) in [5.41, 5.74) is 8.52. The molecular weight excluding hydrogens is 862 g/mol. The zero-order chi connectivity index (χ0) is 42.1. The molecule has 0 atom stereocenters. The minimum absolute atomic E-state index is 0. The average molecular weight is 914 g/mol. The molecule has 4 aromatic rings. The number of rotatable bonds is 7. The molecule has 0 saturated carbocycles. The van der Waals surface area contributed by atoms with E-state index in [4.69, 9.17) is 52.0 Å². The maximum atomic E-state index is 12.4. The molecule has 0 bridgehead atoms. The SMILES string of the molecule is Cc1ccc(C)c(CCl)c1.O=CO[O-].[C-]#[N+]c1c(C2CCN(C)CC2)[nH]c(=S)[nH]c1=O.[C-]#[N+]c1c(C2CCN(C)CC2)nc(SCc2cc(C)ccc2C)[nH]c1=O.[H-].[K+].[K+]. The number of benzene rings is 2. The van der Waals surface area contributed by atoms with Crippen LogP contribution in [0.4, 0.5) is 11.4 Å². The van der Waals surface area contributed by atoms with Gasteiger partial charge in [-0.2, -0.15) is 0 Å². The molecule has 0 radical (unpaired) electrons. The first-order chi connectivity index (χ1) is 27.2. The second kappa shape index (κ2) is 29.1. The smallest absolute Gasteiger partial charge is 1.00 e. The number of thioether (sulfide) groups is 1. The predicted molar refractivity (Wildman–Crippen MR) is 228 cm³/mol. The van der Waals surface area contributed by atoms with Crippen molar-refractivity contribution in [2.24, 2.45) is 0 Å². The van der Waals surface area contributed by atoms with Gasteiger partial charge in [0.2, 0.25) is 0 Å². The van der Waals surface area contributed by atoms with Gasteiger partial charge in [-0.15, -0.1) is 11.6 Å². The van der Waals surface area contributed by atoms with Crippen molar-refractivity contribution in [2.75, 3.05) is 40.3 Å². The number of carbonyl (C=O) groups excluding carboxylic acids is 1. The number of aryl methyl sites for hydroxylation is 4. The van der Waals surface area contributed by atoms with E-state index in [1.165, 1.54) is 45.1 Å². The van der Waals surface area contributed by atoms with Gasteiger partial charge in [-0.1, -0.05) is 59.3 Å². The van der Waals surface area contributed by atoms with Crippen molar-refractivity contribution < 1.29 is 119 Å². The maximum Gasteiger partial charge on any atom is 1.00 e. The first-order valence-electron chi connectivity index (χ1n) is 18.4. The van der Waals surface area contributed by atoms with Crippen molar-refractivity contribution in [3.63, 3.8) is 0 Å². The van der Waals surface area contributed by atoms with E-state index in [1.54, 1.807) is 0 Å². The van der Waals surface area contributed by atoms with Gasteiger partial charge < -0.3 is 36.3 Å². The fourth-order valence-electron chi connectivity index (χ4n) is 6.45. The van der Waals surface area contributed by atoms with Crippen LogP contribution in [-0.2, 0) is 21.3 Å². The van der Waals surface area contributed by atoms with Gasteiger partial charge in [0, 0.05) is 17.3 Å². The largest absolute Gasteiger partial charge is 1.00 e. The molecule has 2 aromatic heterocycles. The van der Waals surface area contributed by atoms with Crippen LogP contribution < -0.4 is 119 Å². The molecule has 59 heavy (non-hydrogen) atoms. The number of hydrogen-bond donors (Lipinski definition) is 3. The number of nitrogens with zero attached hydrogens (tertiary/aromatic N) is 5. The Labute approximate surface area is 447 Å². The van der Waals surface area contributed by atoms with Crippen LogP contribution in [0.1, 0.15) is 83.7 Å². The molecule has 0 spiro atoms. The van der Waals surface area contributed by atoms with Gasteiger partial charge in [0.05, 0.1) is 18.8 Å². The van der Waals surface area contributed by atoms with E-state index in [2.05, 4.69) is 118 Å². The van der Waals surface area contributed by atoms with Crippen LogP contribution in [0, 0.1) is 45.6 Å². The average Bonchev–Trinajstić information content (AvgIpc) is 3.20. The van der Waals surface area contributed by atoms with Gasteiger partial charge in [-0.25, -0.2) is 14.7 Å². The first-order valence-corrected chi connectivity index (χ1v) is 20.3. The number of carbonyl (C=O) groups is 1. The van der Waals surface area contributed by atoms with E-state index in [1.807, 2.05) is 0 Å². The predicted octanol–water partition coefficient (Wildman–Crippen LogP) is 1.43. The van der Waals surface area contributed by atoms with Crippen molar-refractivity contribution in [1.29, 1.82) is 0 Å². The summed E-state index contributed by atoms with van der Waals surface area (Å²) in [4.78, 5) is 59.5. The summed E-state index contributed by atoms with van der Waals surface area (Å²) >= 11 is 12.2. The summed E-state index contributed by atoms with van der Waals surface area (Å²) in [7, 11) is 4.18. The number of aromatic nitrogens is 4. The van der Waals surface area contributed by atoms with Crippen molar-refractivity contribution >= 4 is 53.4 Å². The molecule has 306 valence electrons. The van der Waals surface area contributed by atoms with Gasteiger partial charge in [0.15, 0.2) is 9.93 Å². The van der Waals surface area contributed by atoms with Gasteiger partial charge >= 0.3 is 103 Å². The summed E-state index contributed by atoms with van der Waals surface area (Å²) < 4.78 is 0.302. The summed E-state index contributed by atoms with van der Waals surface area (Å²) in [5.74, 6) is 1.80. The van der Waals surface area contributed by atoms with Gasteiger partial charge in [-0.05, 0) is 140 Å². The molecule has 3 N–H and O–H groups in total. The zero-order valence-corrected chi connectivity index (χ0v) is 43.9. The monoisotopic (exact) mass is 912 g/mol. The third-order valence-corrected chi connectivity index (χ3v) is 11.3. The molecule has 13 nitrogen and oxygen atoms in total. The van der Waals surface area contributed by atoms with Crippen LogP contribution in [0.3, 0.4) is 0 Å². The molecule has 2 fully saturated rings. The standard InChI is InChI=1S/C20H24N4OS.C11H14N4OS.C9H11Cl.CH2O3.2K.H/c1-13-5-6-14(2)16(11-13)12-26-20-22-17(18(21-3)19(25)23-20)15-7-9-24(4)10-8-15;1-12-9-8(13-11(17)14-10(9)16)7-3-5-15(2)6-4-7;1-7-3-4-8(2)9(5-7)6-10;2-1-4-3;;;/h5-6,11,15H,7-10,12H2,1-2,4H3,(H,22,23,25);7H,3-6H2,2H3,(H2,13,14,16,17);3-5H,6H2,1-2H3;1,3H;;;/q;;;;2*+1;-1/p-1. The normalized spacial score (nSPS) is 14.1. The number of nitrogens with one attached hydrogen (secondary N) is 3. The molecule has 4 heterocycles. The van der Waals surface area contributed by atoms with Crippen molar-refractivity contribution in [3.8, 4) is 0 Å². The Morgan fingerprint density at radius 2 is 1.34 bits per heavy atom. The van der Waals surface area contributed by atoms with E-state index in [-0.39, 0.29) is 145 Å². The molecule has 0 unspecified atom stereocenters. The Bertz CT molecular complexity index is 2230. The Morgan fingerprint density at radius 3 is 1.81 bits per heavy atom. The fourth-order valence-corrected chi connectivity index (χ4v) is 7.87. The third-order valence-electron chi connectivity index (χ3n) is 9.86. The first kappa shape index (κ1) is 55.7. The number of likely N-dealkylation sites (tertiary alicyclic amines) is 2. The minimum Gasteiger partial charge on any atom is -1.00 e. The topological polar surface area (TPSA) is 159 Å². The number of H-pyrrole nitrogens is 3. The Kier molecular flexibility index (Phi) is 27.5. The van der Waals surface area contributed by atoms with Crippen LogP contribution in [0.15, 0.2) is 51.1 Å². The van der Waals surface area contributed by atoms with E-state index in [0.29, 0.717) is 27.2 Å². The fraction of sp³-hybridized carbons (Fsp3) is 0.439. The molecule has 0 aliphatic carbocycles. The molecule has 0 amide bonds. The van der Waals surface area contributed by atoms with Crippen LogP contribution in [0.2, 0.25) is 0 Å². The van der Waals surface area contributed by atoms with Crippen molar-refractivity contribution in [3.05, 3.63) is 129 Å². The number of halogens is 1. The second-order valence-corrected chi connectivity index (χ2v) is 15.8. The summed E-state index contributed by atoms with van der Waals surface area (Å²) in [5, 5.41) is 9.04. The summed E-state index contributed by atoms with van der Waals surface area (Å²) in [6.07, 6.45) is 3.79. The zero-order valence-electron chi connectivity index (χ0n) is 36.2. The molecule has 2 aliphatic heterocycles. The van der Waals surface area contributed by atoms with E-state index in [0.717, 1.165) is 57.6 Å². The molecule has 2 saturated heterocycles. The van der Waals surface area contributed by atoms with Crippen molar-refractivity contribution in [1.82, 2.24) is 29.7 Å². The van der Waals surface area contributed by atoms with E-state index < -0.39 is 0 Å². The maximum absolute atomic E-state index is 12.4. The van der Waals surface area contributed by atoms with Crippen LogP contribution in [0.25, 0.3) is 9.69 Å². The summed E-state index contributed by atoms with van der Waals surface area (Å²) in [6.45, 7) is 26.5. The van der Waals surface area contributed by atoms with Crippen molar-refractivity contribution in [2.45, 2.75) is 82.0 Å². The Balaban J connectivity index is 0.000000882. The van der Waals surface area contributed by atoms with Gasteiger partial charge in [0.25, 0.3) is 29.0 Å². The third kappa shape index (κ3) is 18.1.